The van der Waals surface area contributed by atoms with Crippen molar-refractivity contribution in [3.63, 3.8) is 0 Å². The third-order valence-corrected chi connectivity index (χ3v) is 3.77. The fraction of sp³-hybridized carbons (Fsp3) is 0.133. The van der Waals surface area contributed by atoms with Gasteiger partial charge in [-0.05, 0) is 35.9 Å². The molecule has 2 amide bonds. The third-order valence-electron chi connectivity index (χ3n) is 3.01. The second kappa shape index (κ2) is 7.50. The Hall–Kier alpha value is -2.32. The van der Waals surface area contributed by atoms with E-state index in [-0.39, 0.29) is 11.8 Å². The molecule has 2 rings (SSSR count). The summed E-state index contributed by atoms with van der Waals surface area (Å²) >= 11 is 6.05. The monoisotopic (exact) mass is 372 g/mol. The number of benzene rings is 2. The Kier molecular flexibility index (Phi) is 5.63. The van der Waals surface area contributed by atoms with Crippen LogP contribution in [0.4, 0.5) is 14.4 Å². The molecule has 0 aromatic heterocycles. The van der Waals surface area contributed by atoms with Gasteiger partial charge in [0, 0.05) is 24.3 Å². The van der Waals surface area contributed by atoms with Crippen LogP contribution in [0.25, 0.3) is 0 Å². The smallest absolute Gasteiger partial charge is 0.358 e. The molecule has 0 saturated carbocycles. The zero-order valence-corrected chi connectivity index (χ0v) is 14.1. The van der Waals surface area contributed by atoms with Crippen molar-refractivity contribution in [2.75, 3.05) is 12.4 Å². The number of halogens is 2. The van der Waals surface area contributed by atoms with Gasteiger partial charge in [0.2, 0.25) is 0 Å². The van der Waals surface area contributed by atoms with Crippen molar-refractivity contribution in [3.8, 4) is 5.75 Å². The van der Waals surface area contributed by atoms with Crippen LogP contribution in [0.3, 0.4) is 0 Å². The number of carbonyl (C=O) groups excluding carboxylic acids is 1. The second-order valence-electron chi connectivity index (χ2n) is 4.88. The number of anilines is 1. The van der Waals surface area contributed by atoms with E-state index in [4.69, 9.17) is 11.6 Å². The molecule has 24 heavy (non-hydrogen) atoms. The van der Waals surface area contributed by atoms with Gasteiger partial charge in [-0.3, -0.25) is 0 Å². The lowest BCUT2D eigenvalue weighted by atomic mass is 10.2. The lowest BCUT2D eigenvalue weighted by molar-refractivity contribution is 0.220. The third kappa shape index (κ3) is 5.39. The van der Waals surface area contributed by atoms with Crippen LogP contribution in [0.5, 0.6) is 5.75 Å². The van der Waals surface area contributed by atoms with Gasteiger partial charge in [0.05, 0.1) is 0 Å². The minimum atomic E-state index is -5.07. The molecule has 0 unspecified atom stereocenters. The lowest BCUT2D eigenvalue weighted by Gasteiger charge is -2.18. The highest BCUT2D eigenvalue weighted by molar-refractivity contribution is 7.81. The average Bonchev–Trinajstić information content (AvgIpc) is 2.50. The molecule has 1 N–H and O–H groups in total. The van der Waals surface area contributed by atoms with Crippen molar-refractivity contribution in [2.45, 2.75) is 6.54 Å². The van der Waals surface area contributed by atoms with Crippen LogP contribution in [0.15, 0.2) is 48.5 Å². The number of rotatable bonds is 5. The van der Waals surface area contributed by atoms with Crippen LogP contribution >= 0.6 is 11.6 Å². The number of hydrogen-bond acceptors (Lipinski definition) is 4. The molecule has 0 aliphatic heterocycles. The van der Waals surface area contributed by atoms with E-state index < -0.39 is 10.5 Å². The fourth-order valence-electron chi connectivity index (χ4n) is 1.88. The first-order chi connectivity index (χ1) is 11.2. The molecule has 0 aliphatic carbocycles. The predicted octanol–water partition coefficient (Wildman–Crippen LogP) is 3.60. The highest BCUT2D eigenvalue weighted by Gasteiger charge is 2.12. The highest BCUT2D eigenvalue weighted by atomic mass is 35.5. The summed E-state index contributed by atoms with van der Waals surface area (Å²) in [5.41, 5.74) is 1.20. The normalized spacial score (nSPS) is 11.0. The van der Waals surface area contributed by atoms with Gasteiger partial charge < -0.3 is 14.4 Å². The van der Waals surface area contributed by atoms with Crippen molar-refractivity contribution in [3.05, 3.63) is 59.1 Å². The van der Waals surface area contributed by atoms with Gasteiger partial charge in [0.25, 0.3) is 0 Å². The van der Waals surface area contributed by atoms with Crippen molar-refractivity contribution < 1.29 is 21.3 Å². The first-order valence-electron chi connectivity index (χ1n) is 6.74. The molecule has 9 heteroatoms. The van der Waals surface area contributed by atoms with Crippen molar-refractivity contribution in [1.29, 1.82) is 0 Å². The molecule has 2 aromatic rings. The van der Waals surface area contributed by atoms with E-state index in [0.29, 0.717) is 17.3 Å². The molecule has 0 fully saturated rings. The summed E-state index contributed by atoms with van der Waals surface area (Å²) in [5.74, 6) is -0.195. The van der Waals surface area contributed by atoms with Gasteiger partial charge in [0.15, 0.2) is 0 Å². The first-order valence-corrected chi connectivity index (χ1v) is 8.43. The Bertz CT molecular complexity index is 828. The number of amides is 2. The summed E-state index contributed by atoms with van der Waals surface area (Å²) in [6.45, 7) is 0.312. The van der Waals surface area contributed by atoms with Crippen LogP contribution in [-0.2, 0) is 17.0 Å². The average molecular weight is 373 g/mol. The summed E-state index contributed by atoms with van der Waals surface area (Å²) in [6, 6.07) is 12.0. The molecular weight excluding hydrogens is 359 g/mol. The Balaban J connectivity index is 1.97. The van der Waals surface area contributed by atoms with Crippen molar-refractivity contribution >= 4 is 33.8 Å². The molecule has 0 bridgehead atoms. The molecule has 0 saturated heterocycles. The molecule has 0 atom stereocenters. The standard InChI is InChI=1S/C15H14ClFN2O4S/c1-19(10-11-4-2-3-5-14(11)16)15(20)18-12-6-8-13(9-7-12)23-24(17,21)22/h2-9H,10H2,1H3,(H,18,20). The second-order valence-corrected chi connectivity index (χ2v) is 6.24. The Labute approximate surface area is 144 Å². The molecule has 6 nitrogen and oxygen atoms in total. The predicted molar refractivity (Wildman–Crippen MR) is 89.0 cm³/mol. The number of hydrogen-bond donors (Lipinski definition) is 1. The number of nitrogens with one attached hydrogen (secondary N) is 1. The minimum absolute atomic E-state index is 0.195. The van der Waals surface area contributed by atoms with E-state index in [1.165, 1.54) is 29.2 Å². The van der Waals surface area contributed by atoms with Crippen LogP contribution < -0.4 is 9.50 Å². The van der Waals surface area contributed by atoms with Gasteiger partial charge in [-0.2, -0.15) is 8.42 Å². The van der Waals surface area contributed by atoms with E-state index in [9.17, 15) is 17.1 Å². The van der Waals surface area contributed by atoms with E-state index in [1.807, 2.05) is 12.1 Å². The quantitative estimate of drug-likeness (QED) is 0.814. The van der Waals surface area contributed by atoms with Gasteiger partial charge >= 0.3 is 16.5 Å². The molecule has 0 heterocycles. The van der Waals surface area contributed by atoms with Gasteiger partial charge in [-0.25, -0.2) is 4.79 Å². The zero-order chi connectivity index (χ0) is 17.7. The molecule has 128 valence electrons. The van der Waals surface area contributed by atoms with E-state index >= 15 is 0 Å². The maximum atomic E-state index is 12.4. The summed E-state index contributed by atoms with van der Waals surface area (Å²) < 4.78 is 37.2. The van der Waals surface area contributed by atoms with Crippen molar-refractivity contribution in [2.24, 2.45) is 0 Å². The SMILES string of the molecule is CN(Cc1ccccc1Cl)C(=O)Nc1ccc(OS(=O)(=O)F)cc1. The van der Waals surface area contributed by atoms with Gasteiger partial charge in [-0.15, -0.1) is 0 Å². The maximum absolute atomic E-state index is 12.4. The Morgan fingerprint density at radius 1 is 1.21 bits per heavy atom. The number of nitrogens with zero attached hydrogens (tertiary/aromatic N) is 1. The molecule has 0 spiro atoms. The van der Waals surface area contributed by atoms with Crippen LogP contribution in [0, 0.1) is 0 Å². The molecule has 0 radical (unpaired) electrons. The molecule has 0 aliphatic rings. The van der Waals surface area contributed by atoms with E-state index in [2.05, 4.69) is 9.50 Å². The number of carbonyl (C=O) groups is 1. The summed E-state index contributed by atoms with van der Waals surface area (Å²) in [5, 5.41) is 3.18. The summed E-state index contributed by atoms with van der Waals surface area (Å²) in [4.78, 5) is 13.6. The highest BCUT2D eigenvalue weighted by Crippen LogP contribution is 2.19. The first kappa shape index (κ1) is 18.0. The largest absolute Gasteiger partial charge is 0.488 e. The van der Waals surface area contributed by atoms with Crippen LogP contribution in [0.1, 0.15) is 5.56 Å². The van der Waals surface area contributed by atoms with E-state index in [0.717, 1.165) is 5.56 Å². The fourth-order valence-corrected chi connectivity index (χ4v) is 2.42. The minimum Gasteiger partial charge on any atom is -0.358 e. The lowest BCUT2D eigenvalue weighted by Crippen LogP contribution is -2.30. The summed E-state index contributed by atoms with van der Waals surface area (Å²) in [6.07, 6.45) is 0. The van der Waals surface area contributed by atoms with E-state index in [1.54, 1.807) is 19.2 Å². The van der Waals surface area contributed by atoms with Crippen LogP contribution in [-0.4, -0.2) is 26.4 Å². The molecular formula is C15H14ClFN2O4S. The topological polar surface area (TPSA) is 75.7 Å². The zero-order valence-electron chi connectivity index (χ0n) is 12.6. The van der Waals surface area contributed by atoms with Crippen LogP contribution in [0.2, 0.25) is 5.02 Å². The Morgan fingerprint density at radius 2 is 1.83 bits per heavy atom. The van der Waals surface area contributed by atoms with Gasteiger partial charge in [-0.1, -0.05) is 33.7 Å². The van der Waals surface area contributed by atoms with Gasteiger partial charge in [0.1, 0.15) is 5.75 Å². The van der Waals surface area contributed by atoms with Crippen molar-refractivity contribution in [1.82, 2.24) is 4.90 Å². The summed E-state index contributed by atoms with van der Waals surface area (Å²) in [7, 11) is -3.47. The number of urea groups is 1. The maximum Gasteiger partial charge on any atom is 0.488 e. The Morgan fingerprint density at radius 3 is 2.42 bits per heavy atom. The molecule has 2 aromatic carbocycles.